The molecule has 2 unspecified atom stereocenters. The Bertz CT molecular complexity index is 251. The second kappa shape index (κ2) is 6.98. The summed E-state index contributed by atoms with van der Waals surface area (Å²) in [6.07, 6.45) is 0.773. The number of hydrogen-bond donors (Lipinski definition) is 1. The predicted molar refractivity (Wildman–Crippen MR) is 73.6 cm³/mol. The van der Waals surface area contributed by atoms with Crippen LogP contribution in [-0.2, 0) is 4.74 Å². The fourth-order valence-electron chi connectivity index (χ4n) is 2.52. The van der Waals surface area contributed by atoms with Crippen LogP contribution < -0.4 is 5.32 Å². The molecular formula is C14H28N2O2. The van der Waals surface area contributed by atoms with Gasteiger partial charge in [-0.05, 0) is 39.0 Å². The van der Waals surface area contributed by atoms with Gasteiger partial charge in [0, 0.05) is 25.2 Å². The molecule has 0 spiro atoms. The van der Waals surface area contributed by atoms with Crippen molar-refractivity contribution in [3.63, 3.8) is 0 Å². The van der Waals surface area contributed by atoms with Gasteiger partial charge in [0.15, 0.2) is 0 Å². The molecule has 0 aliphatic carbocycles. The first kappa shape index (κ1) is 15.3. The first-order chi connectivity index (χ1) is 8.43. The first-order valence-electron chi connectivity index (χ1n) is 7.11. The first-order valence-corrected chi connectivity index (χ1v) is 7.11. The zero-order chi connectivity index (χ0) is 13.7. The Balaban J connectivity index is 2.58. The molecule has 106 valence electrons. The van der Waals surface area contributed by atoms with Gasteiger partial charge in [-0.25, -0.2) is 4.79 Å². The molecule has 18 heavy (non-hydrogen) atoms. The number of carbonyl (C=O) groups excluding carboxylic acids is 1. The van der Waals surface area contributed by atoms with Gasteiger partial charge in [0.05, 0.1) is 6.61 Å². The number of hydrogen-bond acceptors (Lipinski definition) is 3. The van der Waals surface area contributed by atoms with Crippen molar-refractivity contribution >= 4 is 6.09 Å². The Morgan fingerprint density at radius 1 is 1.33 bits per heavy atom. The molecule has 1 N–H and O–H groups in total. The maximum Gasteiger partial charge on any atom is 0.407 e. The van der Waals surface area contributed by atoms with Gasteiger partial charge >= 0.3 is 6.09 Å². The van der Waals surface area contributed by atoms with Crippen LogP contribution in [0.15, 0.2) is 0 Å². The summed E-state index contributed by atoms with van der Waals surface area (Å²) in [4.78, 5) is 14.0. The molecule has 1 fully saturated rings. The number of carbonyl (C=O) groups is 1. The molecule has 1 aliphatic heterocycles. The Morgan fingerprint density at radius 3 is 2.50 bits per heavy atom. The quantitative estimate of drug-likeness (QED) is 0.840. The van der Waals surface area contributed by atoms with E-state index in [-0.39, 0.29) is 12.1 Å². The SMILES string of the molecule is CCOC(=O)NC1CC(C(C)C)CN(C(C)C)C1. The van der Waals surface area contributed by atoms with Crippen LogP contribution in [0.25, 0.3) is 0 Å². The summed E-state index contributed by atoms with van der Waals surface area (Å²) in [7, 11) is 0. The van der Waals surface area contributed by atoms with Crippen LogP contribution in [-0.4, -0.2) is 42.8 Å². The minimum absolute atomic E-state index is 0.215. The molecule has 0 aromatic carbocycles. The maximum absolute atomic E-state index is 11.5. The lowest BCUT2D eigenvalue weighted by Gasteiger charge is -2.41. The summed E-state index contributed by atoms with van der Waals surface area (Å²) in [6, 6.07) is 0.741. The number of piperidine rings is 1. The number of amides is 1. The van der Waals surface area contributed by atoms with Crippen LogP contribution in [0.5, 0.6) is 0 Å². The molecule has 1 heterocycles. The highest BCUT2D eigenvalue weighted by molar-refractivity contribution is 5.67. The van der Waals surface area contributed by atoms with Gasteiger partial charge in [0.2, 0.25) is 0 Å². The van der Waals surface area contributed by atoms with Gasteiger partial charge in [0.25, 0.3) is 0 Å². The Labute approximate surface area is 111 Å². The van der Waals surface area contributed by atoms with Crippen LogP contribution in [0, 0.1) is 11.8 Å². The minimum atomic E-state index is -0.282. The largest absolute Gasteiger partial charge is 0.450 e. The van der Waals surface area contributed by atoms with E-state index in [1.165, 1.54) is 0 Å². The van der Waals surface area contributed by atoms with Crippen LogP contribution in [0.4, 0.5) is 4.79 Å². The molecule has 0 aromatic heterocycles. The summed E-state index contributed by atoms with van der Waals surface area (Å²) < 4.78 is 4.97. The molecule has 1 aliphatic rings. The second-order valence-electron chi connectivity index (χ2n) is 5.85. The van der Waals surface area contributed by atoms with Crippen molar-refractivity contribution in [1.29, 1.82) is 0 Å². The average Bonchev–Trinajstić information content (AvgIpc) is 2.28. The van der Waals surface area contributed by atoms with E-state index in [0.717, 1.165) is 19.5 Å². The van der Waals surface area contributed by atoms with Crippen LogP contribution >= 0.6 is 0 Å². The van der Waals surface area contributed by atoms with E-state index in [0.29, 0.717) is 24.5 Å². The molecule has 0 radical (unpaired) electrons. The predicted octanol–water partition coefficient (Wildman–Crippen LogP) is 2.49. The van der Waals surface area contributed by atoms with Crippen molar-refractivity contribution in [2.24, 2.45) is 11.8 Å². The highest BCUT2D eigenvalue weighted by Gasteiger charge is 2.31. The minimum Gasteiger partial charge on any atom is -0.450 e. The lowest BCUT2D eigenvalue weighted by atomic mass is 9.85. The highest BCUT2D eigenvalue weighted by Crippen LogP contribution is 2.25. The standard InChI is InChI=1S/C14H28N2O2/c1-6-18-14(17)15-13-7-12(10(2)3)8-16(9-13)11(4)5/h10-13H,6-9H2,1-5H3,(H,15,17). The molecule has 2 atom stereocenters. The molecule has 0 saturated carbocycles. The third-order valence-corrected chi connectivity index (χ3v) is 3.78. The Hall–Kier alpha value is -0.770. The number of nitrogens with zero attached hydrogens (tertiary/aromatic N) is 1. The molecule has 4 heteroatoms. The molecule has 1 rings (SSSR count). The van der Waals surface area contributed by atoms with Crippen LogP contribution in [0.1, 0.15) is 41.0 Å². The van der Waals surface area contributed by atoms with Gasteiger partial charge in [0.1, 0.15) is 0 Å². The number of nitrogens with one attached hydrogen (secondary N) is 1. The Kier molecular flexibility index (Phi) is 5.93. The van der Waals surface area contributed by atoms with Gasteiger partial charge < -0.3 is 10.1 Å². The van der Waals surface area contributed by atoms with E-state index >= 15 is 0 Å². The van der Waals surface area contributed by atoms with Gasteiger partial charge in [-0.2, -0.15) is 0 Å². The zero-order valence-electron chi connectivity index (χ0n) is 12.4. The molecule has 1 amide bonds. The van der Waals surface area contributed by atoms with E-state index < -0.39 is 0 Å². The summed E-state index contributed by atoms with van der Waals surface area (Å²) in [6.45, 7) is 13.3. The monoisotopic (exact) mass is 256 g/mol. The third-order valence-electron chi connectivity index (χ3n) is 3.78. The smallest absolute Gasteiger partial charge is 0.407 e. The summed E-state index contributed by atoms with van der Waals surface area (Å²) in [5.41, 5.74) is 0. The maximum atomic E-state index is 11.5. The average molecular weight is 256 g/mol. The van der Waals surface area contributed by atoms with Crippen molar-refractivity contribution in [3.05, 3.63) is 0 Å². The lowest BCUT2D eigenvalue weighted by Crippen LogP contribution is -2.53. The molecular weight excluding hydrogens is 228 g/mol. The van der Waals surface area contributed by atoms with E-state index in [1.807, 2.05) is 6.92 Å². The van der Waals surface area contributed by atoms with E-state index in [1.54, 1.807) is 0 Å². The fourth-order valence-corrected chi connectivity index (χ4v) is 2.52. The van der Waals surface area contributed by atoms with Gasteiger partial charge in [-0.1, -0.05) is 13.8 Å². The van der Waals surface area contributed by atoms with Crippen LogP contribution in [0.2, 0.25) is 0 Å². The van der Waals surface area contributed by atoms with Crippen molar-refractivity contribution < 1.29 is 9.53 Å². The number of alkyl carbamates (subject to hydrolysis) is 1. The lowest BCUT2D eigenvalue weighted by molar-refractivity contribution is 0.0834. The summed E-state index contributed by atoms with van der Waals surface area (Å²) in [5, 5.41) is 2.99. The normalized spacial score (nSPS) is 25.5. The molecule has 0 aromatic rings. The van der Waals surface area contributed by atoms with E-state index in [2.05, 4.69) is 37.9 Å². The van der Waals surface area contributed by atoms with Crippen molar-refractivity contribution in [1.82, 2.24) is 10.2 Å². The summed E-state index contributed by atoms with van der Waals surface area (Å²) >= 11 is 0. The Morgan fingerprint density at radius 2 is 2.00 bits per heavy atom. The zero-order valence-corrected chi connectivity index (χ0v) is 12.4. The van der Waals surface area contributed by atoms with Crippen molar-refractivity contribution in [3.8, 4) is 0 Å². The van der Waals surface area contributed by atoms with Gasteiger partial charge in [-0.15, -0.1) is 0 Å². The topological polar surface area (TPSA) is 41.6 Å². The molecule has 4 nitrogen and oxygen atoms in total. The van der Waals surface area contributed by atoms with Gasteiger partial charge in [-0.3, -0.25) is 4.90 Å². The number of ether oxygens (including phenoxy) is 1. The van der Waals surface area contributed by atoms with E-state index in [9.17, 15) is 4.79 Å². The number of rotatable bonds is 4. The van der Waals surface area contributed by atoms with Crippen LogP contribution in [0.3, 0.4) is 0 Å². The van der Waals surface area contributed by atoms with E-state index in [4.69, 9.17) is 4.74 Å². The number of likely N-dealkylation sites (tertiary alicyclic amines) is 1. The molecule has 0 bridgehead atoms. The third kappa shape index (κ3) is 4.48. The highest BCUT2D eigenvalue weighted by atomic mass is 16.5. The summed E-state index contributed by atoms with van der Waals surface area (Å²) in [5.74, 6) is 1.30. The fraction of sp³-hybridized carbons (Fsp3) is 0.929. The molecule has 1 saturated heterocycles. The second-order valence-corrected chi connectivity index (χ2v) is 5.85. The van der Waals surface area contributed by atoms with Crippen molar-refractivity contribution in [2.75, 3.05) is 19.7 Å². The van der Waals surface area contributed by atoms with Crippen molar-refractivity contribution in [2.45, 2.75) is 53.1 Å².